The molecule has 1 N–H and O–H groups in total. The summed E-state index contributed by atoms with van der Waals surface area (Å²) in [5, 5.41) is 9.09. The lowest BCUT2D eigenvalue weighted by molar-refractivity contribution is 0.0950. The number of nitrogens with zero attached hydrogens (tertiary/aromatic N) is 2. The number of fused-ring (bicyclic) bond motifs is 1. The zero-order valence-corrected chi connectivity index (χ0v) is 18.0. The van der Waals surface area contributed by atoms with E-state index in [2.05, 4.69) is 10.4 Å². The van der Waals surface area contributed by atoms with Crippen LogP contribution in [0, 0.1) is 0 Å². The van der Waals surface area contributed by atoms with Gasteiger partial charge >= 0.3 is 0 Å². The first kappa shape index (κ1) is 20.8. The molecule has 4 aromatic rings. The van der Waals surface area contributed by atoms with E-state index < -0.39 is 0 Å². The quantitative estimate of drug-likeness (QED) is 0.457. The van der Waals surface area contributed by atoms with E-state index >= 15 is 0 Å². The Morgan fingerprint density at radius 2 is 1.84 bits per heavy atom. The molecule has 158 valence electrons. The zero-order valence-electron chi connectivity index (χ0n) is 17.3. The maximum Gasteiger partial charge on any atom is 0.251 e. The summed E-state index contributed by atoms with van der Waals surface area (Å²) in [6.07, 6.45) is 1.80. The van der Waals surface area contributed by atoms with Crippen molar-refractivity contribution in [3.63, 3.8) is 0 Å². The van der Waals surface area contributed by atoms with Gasteiger partial charge in [-0.3, -0.25) is 9.48 Å². The van der Waals surface area contributed by atoms with E-state index in [0.29, 0.717) is 35.2 Å². The maximum atomic E-state index is 12.8. The molecule has 31 heavy (non-hydrogen) atoms. The van der Waals surface area contributed by atoms with Gasteiger partial charge in [-0.15, -0.1) is 0 Å². The summed E-state index contributed by atoms with van der Waals surface area (Å²) in [7, 11) is 3.20. The van der Waals surface area contributed by atoms with Gasteiger partial charge in [-0.1, -0.05) is 29.8 Å². The third-order valence-electron chi connectivity index (χ3n) is 5.08. The second-order valence-corrected chi connectivity index (χ2v) is 7.50. The van der Waals surface area contributed by atoms with Crippen molar-refractivity contribution in [3.05, 3.63) is 88.6 Å². The van der Waals surface area contributed by atoms with E-state index in [-0.39, 0.29) is 5.91 Å². The average Bonchev–Trinajstić information content (AvgIpc) is 3.20. The number of halogens is 1. The fourth-order valence-corrected chi connectivity index (χ4v) is 3.52. The molecule has 0 atom stereocenters. The number of carbonyl (C=O) groups is 1. The highest BCUT2D eigenvalue weighted by Crippen LogP contribution is 2.24. The van der Waals surface area contributed by atoms with Crippen LogP contribution in [-0.2, 0) is 13.1 Å². The van der Waals surface area contributed by atoms with Gasteiger partial charge in [-0.2, -0.15) is 5.10 Å². The number of hydrogen-bond donors (Lipinski definition) is 1. The van der Waals surface area contributed by atoms with Gasteiger partial charge in [-0.05, 0) is 48.0 Å². The van der Waals surface area contributed by atoms with Crippen molar-refractivity contribution in [2.24, 2.45) is 0 Å². The lowest BCUT2D eigenvalue weighted by Crippen LogP contribution is -2.23. The normalized spacial score (nSPS) is 10.8. The molecule has 0 aliphatic carbocycles. The molecule has 7 heteroatoms. The van der Waals surface area contributed by atoms with E-state index in [1.165, 1.54) is 0 Å². The average molecular weight is 436 g/mol. The van der Waals surface area contributed by atoms with E-state index in [9.17, 15) is 4.79 Å². The van der Waals surface area contributed by atoms with Gasteiger partial charge in [0.2, 0.25) is 0 Å². The molecule has 0 aliphatic heterocycles. The first-order chi connectivity index (χ1) is 15.1. The van der Waals surface area contributed by atoms with E-state index in [1.54, 1.807) is 26.5 Å². The summed E-state index contributed by atoms with van der Waals surface area (Å²) in [5.74, 6) is 1.22. The molecular weight excluding hydrogens is 414 g/mol. The summed E-state index contributed by atoms with van der Waals surface area (Å²) in [4.78, 5) is 12.8. The van der Waals surface area contributed by atoms with Crippen molar-refractivity contribution < 1.29 is 14.3 Å². The molecule has 1 aromatic heterocycles. The van der Waals surface area contributed by atoms with Crippen molar-refractivity contribution in [3.8, 4) is 11.5 Å². The Kier molecular flexibility index (Phi) is 6.09. The van der Waals surface area contributed by atoms with Crippen LogP contribution in [-0.4, -0.2) is 29.9 Å². The van der Waals surface area contributed by atoms with E-state index in [1.807, 2.05) is 59.3 Å². The Balaban J connectivity index is 1.53. The summed E-state index contributed by atoms with van der Waals surface area (Å²) < 4.78 is 12.5. The van der Waals surface area contributed by atoms with Crippen molar-refractivity contribution in [1.29, 1.82) is 0 Å². The largest absolute Gasteiger partial charge is 0.497 e. The SMILES string of the molecule is COc1ccc(OC)c(CNC(=O)c2ccc3cnn(Cc4ccc(Cl)cc4)c3c2)c1. The monoisotopic (exact) mass is 435 g/mol. The summed E-state index contributed by atoms with van der Waals surface area (Å²) in [6, 6.07) is 18.7. The van der Waals surface area contributed by atoms with Crippen LogP contribution in [0.2, 0.25) is 5.02 Å². The molecule has 0 aliphatic rings. The lowest BCUT2D eigenvalue weighted by atomic mass is 10.1. The number of hydrogen-bond acceptors (Lipinski definition) is 4. The number of ether oxygens (including phenoxy) is 2. The third kappa shape index (κ3) is 4.64. The second-order valence-electron chi connectivity index (χ2n) is 7.06. The molecule has 4 rings (SSSR count). The molecule has 1 heterocycles. The van der Waals surface area contributed by atoms with Crippen LogP contribution < -0.4 is 14.8 Å². The zero-order chi connectivity index (χ0) is 21.8. The smallest absolute Gasteiger partial charge is 0.251 e. The van der Waals surface area contributed by atoms with Crippen LogP contribution in [0.5, 0.6) is 11.5 Å². The standard InChI is InChI=1S/C24H22ClN3O3/c1-30-21-9-10-23(31-2)19(11-21)13-26-24(29)17-5-6-18-14-27-28(22(18)12-17)15-16-3-7-20(25)8-4-16/h3-12,14H,13,15H2,1-2H3,(H,26,29). The molecule has 0 bridgehead atoms. The second kappa shape index (κ2) is 9.10. The summed E-state index contributed by atoms with van der Waals surface area (Å²) in [6.45, 7) is 0.911. The summed E-state index contributed by atoms with van der Waals surface area (Å²) >= 11 is 5.97. The van der Waals surface area contributed by atoms with Gasteiger partial charge in [0.05, 0.1) is 32.5 Å². The molecule has 0 unspecified atom stereocenters. The van der Waals surface area contributed by atoms with Crippen molar-refractivity contribution in [1.82, 2.24) is 15.1 Å². The van der Waals surface area contributed by atoms with Crippen LogP contribution >= 0.6 is 11.6 Å². The fraction of sp³-hybridized carbons (Fsp3) is 0.167. The predicted octanol–water partition coefficient (Wildman–Crippen LogP) is 4.69. The van der Waals surface area contributed by atoms with Gasteiger partial charge < -0.3 is 14.8 Å². The number of benzene rings is 3. The van der Waals surface area contributed by atoms with Crippen LogP contribution in [0.1, 0.15) is 21.5 Å². The van der Waals surface area contributed by atoms with Crippen LogP contribution in [0.3, 0.4) is 0 Å². The Labute approximate surface area is 185 Å². The number of amides is 1. The molecule has 1 amide bonds. The number of rotatable bonds is 7. The highest BCUT2D eigenvalue weighted by molar-refractivity contribution is 6.30. The first-order valence-electron chi connectivity index (χ1n) is 9.76. The van der Waals surface area contributed by atoms with Crippen molar-refractivity contribution in [2.45, 2.75) is 13.1 Å². The minimum atomic E-state index is -0.175. The van der Waals surface area contributed by atoms with Gasteiger partial charge in [-0.25, -0.2) is 0 Å². The molecule has 0 radical (unpaired) electrons. The van der Waals surface area contributed by atoms with Crippen molar-refractivity contribution in [2.75, 3.05) is 14.2 Å². The molecule has 0 spiro atoms. The van der Waals surface area contributed by atoms with Crippen LogP contribution in [0.15, 0.2) is 66.9 Å². The molecule has 0 fully saturated rings. The van der Waals surface area contributed by atoms with E-state index in [0.717, 1.165) is 22.0 Å². The van der Waals surface area contributed by atoms with Crippen LogP contribution in [0.4, 0.5) is 0 Å². The maximum absolute atomic E-state index is 12.8. The Hall–Kier alpha value is -3.51. The highest BCUT2D eigenvalue weighted by Gasteiger charge is 2.12. The number of aromatic nitrogens is 2. The Morgan fingerprint density at radius 1 is 1.03 bits per heavy atom. The number of carbonyl (C=O) groups excluding carboxylic acids is 1. The molecular formula is C24H22ClN3O3. The van der Waals surface area contributed by atoms with Gasteiger partial charge in [0.25, 0.3) is 5.91 Å². The number of nitrogens with one attached hydrogen (secondary N) is 1. The highest BCUT2D eigenvalue weighted by atomic mass is 35.5. The van der Waals surface area contributed by atoms with Crippen LogP contribution in [0.25, 0.3) is 10.9 Å². The Morgan fingerprint density at radius 3 is 2.58 bits per heavy atom. The Bertz CT molecular complexity index is 1220. The molecule has 6 nitrogen and oxygen atoms in total. The van der Waals surface area contributed by atoms with E-state index in [4.69, 9.17) is 21.1 Å². The fourth-order valence-electron chi connectivity index (χ4n) is 3.40. The third-order valence-corrected chi connectivity index (χ3v) is 5.33. The van der Waals surface area contributed by atoms with Gasteiger partial charge in [0.1, 0.15) is 11.5 Å². The summed E-state index contributed by atoms with van der Waals surface area (Å²) in [5.41, 5.74) is 3.37. The van der Waals surface area contributed by atoms with Gasteiger partial charge in [0.15, 0.2) is 0 Å². The first-order valence-corrected chi connectivity index (χ1v) is 10.1. The van der Waals surface area contributed by atoms with Crippen molar-refractivity contribution >= 4 is 28.4 Å². The molecule has 0 saturated carbocycles. The minimum Gasteiger partial charge on any atom is -0.497 e. The van der Waals surface area contributed by atoms with Gasteiger partial charge in [0, 0.05) is 28.1 Å². The lowest BCUT2D eigenvalue weighted by Gasteiger charge is -2.12. The molecule has 0 saturated heterocycles. The number of methoxy groups -OCH3 is 2. The predicted molar refractivity (Wildman–Crippen MR) is 121 cm³/mol. The minimum absolute atomic E-state index is 0.175. The topological polar surface area (TPSA) is 65.4 Å². The molecule has 3 aromatic carbocycles.